The number of ether oxygens (including phenoxy) is 1. The Labute approximate surface area is 145 Å². The number of amides is 1. The number of esters is 1. The molecule has 0 bridgehead atoms. The molecule has 2 rings (SSSR count). The number of aryl methyl sites for hydroxylation is 1. The standard InChI is InChI=1S/C17H23NO5S/c1-3-6-10-9-13(17(22)23-2)15(24-10)18-14(19)11-7-4-5-8-12(11)16(20)21/h9,11-12H,3-8H2,1-2H3,(H,18,19)(H,20,21)/t11-,12+/m1/s1. The Morgan fingerprint density at radius 2 is 1.96 bits per heavy atom. The number of methoxy groups -OCH3 is 1. The van der Waals surface area contributed by atoms with E-state index in [9.17, 15) is 19.5 Å². The van der Waals surface area contributed by atoms with Crippen LogP contribution in [0.5, 0.6) is 0 Å². The average molecular weight is 353 g/mol. The van der Waals surface area contributed by atoms with E-state index in [0.29, 0.717) is 23.4 Å². The van der Waals surface area contributed by atoms with Crippen molar-refractivity contribution in [3.8, 4) is 0 Å². The van der Waals surface area contributed by atoms with E-state index in [2.05, 4.69) is 5.32 Å². The van der Waals surface area contributed by atoms with Crippen molar-refractivity contribution < 1.29 is 24.2 Å². The Hall–Kier alpha value is -1.89. The second-order valence-corrected chi connectivity index (χ2v) is 7.16. The highest BCUT2D eigenvalue weighted by Gasteiger charge is 2.36. The molecule has 132 valence electrons. The van der Waals surface area contributed by atoms with Gasteiger partial charge in [-0.25, -0.2) is 4.79 Å². The van der Waals surface area contributed by atoms with Gasteiger partial charge in [0.1, 0.15) is 5.00 Å². The molecule has 1 fully saturated rings. The maximum atomic E-state index is 12.6. The molecular formula is C17H23NO5S. The fourth-order valence-electron chi connectivity index (χ4n) is 3.11. The topological polar surface area (TPSA) is 92.7 Å². The molecule has 1 saturated carbocycles. The molecule has 1 aromatic rings. The van der Waals surface area contributed by atoms with Crippen LogP contribution in [-0.4, -0.2) is 30.1 Å². The van der Waals surface area contributed by atoms with Gasteiger partial charge in [-0.1, -0.05) is 26.2 Å². The van der Waals surface area contributed by atoms with E-state index in [1.807, 2.05) is 6.92 Å². The van der Waals surface area contributed by atoms with Gasteiger partial charge in [-0.3, -0.25) is 9.59 Å². The fourth-order valence-corrected chi connectivity index (χ4v) is 4.26. The van der Waals surface area contributed by atoms with Crippen molar-refractivity contribution in [2.75, 3.05) is 12.4 Å². The van der Waals surface area contributed by atoms with E-state index in [4.69, 9.17) is 4.74 Å². The Balaban J connectivity index is 2.20. The molecule has 0 radical (unpaired) electrons. The van der Waals surface area contributed by atoms with Crippen LogP contribution in [0.3, 0.4) is 0 Å². The zero-order valence-electron chi connectivity index (χ0n) is 14.0. The third-order valence-corrected chi connectivity index (χ3v) is 5.45. The number of aliphatic carboxylic acids is 1. The molecule has 0 saturated heterocycles. The van der Waals surface area contributed by atoms with Crippen molar-refractivity contribution in [3.05, 3.63) is 16.5 Å². The minimum absolute atomic E-state index is 0.322. The molecule has 1 aliphatic rings. The van der Waals surface area contributed by atoms with Gasteiger partial charge in [0, 0.05) is 4.88 Å². The van der Waals surface area contributed by atoms with Crippen molar-refractivity contribution in [2.24, 2.45) is 11.8 Å². The van der Waals surface area contributed by atoms with Gasteiger partial charge in [0.15, 0.2) is 0 Å². The van der Waals surface area contributed by atoms with E-state index in [-0.39, 0.29) is 5.91 Å². The predicted molar refractivity (Wildman–Crippen MR) is 91.4 cm³/mol. The number of thiophene rings is 1. The molecule has 0 aromatic carbocycles. The van der Waals surface area contributed by atoms with E-state index in [1.54, 1.807) is 6.07 Å². The molecule has 0 unspecified atom stereocenters. The van der Waals surface area contributed by atoms with E-state index >= 15 is 0 Å². The van der Waals surface area contributed by atoms with Crippen LogP contribution < -0.4 is 5.32 Å². The smallest absolute Gasteiger partial charge is 0.340 e. The van der Waals surface area contributed by atoms with Crippen molar-refractivity contribution >= 4 is 34.2 Å². The number of hydrogen-bond acceptors (Lipinski definition) is 5. The third-order valence-electron chi connectivity index (χ3n) is 4.34. The van der Waals surface area contributed by atoms with Gasteiger partial charge in [0.2, 0.25) is 5.91 Å². The predicted octanol–water partition coefficient (Wildman–Crippen LogP) is 3.32. The molecule has 1 heterocycles. The summed E-state index contributed by atoms with van der Waals surface area (Å²) in [4.78, 5) is 36.9. The largest absolute Gasteiger partial charge is 0.481 e. The summed E-state index contributed by atoms with van der Waals surface area (Å²) in [6.45, 7) is 2.04. The molecule has 24 heavy (non-hydrogen) atoms. The Morgan fingerprint density at radius 1 is 1.29 bits per heavy atom. The van der Waals surface area contributed by atoms with E-state index in [1.165, 1.54) is 18.4 Å². The van der Waals surface area contributed by atoms with Gasteiger partial charge in [-0.05, 0) is 25.3 Å². The molecule has 1 aromatic heterocycles. The highest BCUT2D eigenvalue weighted by atomic mass is 32.1. The number of hydrogen-bond donors (Lipinski definition) is 2. The summed E-state index contributed by atoms with van der Waals surface area (Å²) in [6.07, 6.45) is 4.49. The normalized spacial score (nSPS) is 20.4. The van der Waals surface area contributed by atoms with Crippen molar-refractivity contribution in [3.63, 3.8) is 0 Å². The van der Waals surface area contributed by atoms with Crippen LogP contribution in [0, 0.1) is 11.8 Å². The number of rotatable bonds is 6. The fraction of sp³-hybridized carbons (Fsp3) is 0.588. The first-order valence-electron chi connectivity index (χ1n) is 8.22. The van der Waals surface area contributed by atoms with Crippen LogP contribution in [0.1, 0.15) is 54.3 Å². The summed E-state index contributed by atoms with van der Waals surface area (Å²) in [7, 11) is 1.30. The zero-order chi connectivity index (χ0) is 17.7. The summed E-state index contributed by atoms with van der Waals surface area (Å²) in [5, 5.41) is 12.6. The molecule has 0 spiro atoms. The molecule has 1 amide bonds. The van der Waals surface area contributed by atoms with Gasteiger partial charge in [-0.2, -0.15) is 0 Å². The van der Waals surface area contributed by atoms with Gasteiger partial charge in [0.25, 0.3) is 0 Å². The number of carbonyl (C=O) groups is 3. The summed E-state index contributed by atoms with van der Waals surface area (Å²) in [6, 6.07) is 1.74. The van der Waals surface area contributed by atoms with Gasteiger partial charge in [0.05, 0.1) is 24.5 Å². The first kappa shape index (κ1) is 18.4. The number of carboxylic acid groups (broad SMARTS) is 1. The lowest BCUT2D eigenvalue weighted by Gasteiger charge is -2.27. The Morgan fingerprint density at radius 3 is 2.54 bits per heavy atom. The number of anilines is 1. The number of nitrogens with one attached hydrogen (secondary N) is 1. The molecule has 1 aliphatic carbocycles. The van der Waals surface area contributed by atoms with Crippen molar-refractivity contribution in [1.82, 2.24) is 0 Å². The van der Waals surface area contributed by atoms with Crippen LogP contribution in [0.25, 0.3) is 0 Å². The van der Waals surface area contributed by atoms with Crippen molar-refractivity contribution in [2.45, 2.75) is 45.4 Å². The summed E-state index contributed by atoms with van der Waals surface area (Å²) >= 11 is 1.35. The molecule has 7 heteroatoms. The first-order valence-corrected chi connectivity index (χ1v) is 9.04. The molecule has 2 atom stereocenters. The monoisotopic (exact) mass is 353 g/mol. The highest BCUT2D eigenvalue weighted by molar-refractivity contribution is 7.16. The summed E-state index contributed by atoms with van der Waals surface area (Å²) in [5.41, 5.74) is 0.335. The third kappa shape index (κ3) is 4.14. The lowest BCUT2D eigenvalue weighted by atomic mass is 9.79. The van der Waals surface area contributed by atoms with Crippen LogP contribution >= 0.6 is 11.3 Å². The summed E-state index contributed by atoms with van der Waals surface area (Å²) < 4.78 is 4.78. The molecule has 2 N–H and O–H groups in total. The SMILES string of the molecule is CCCc1cc(C(=O)OC)c(NC(=O)[C@@H]2CCCC[C@@H]2C(=O)O)s1. The Bertz CT molecular complexity index is 624. The van der Waals surface area contributed by atoms with E-state index in [0.717, 1.165) is 30.6 Å². The second-order valence-electron chi connectivity index (χ2n) is 6.02. The Kier molecular flexibility index (Phi) is 6.36. The second kappa shape index (κ2) is 8.28. The van der Waals surface area contributed by atoms with Gasteiger partial charge in [-0.15, -0.1) is 11.3 Å². The van der Waals surface area contributed by atoms with Crippen LogP contribution in [0.2, 0.25) is 0 Å². The van der Waals surface area contributed by atoms with Crippen LogP contribution in [0.15, 0.2) is 6.07 Å². The maximum absolute atomic E-state index is 12.6. The zero-order valence-corrected chi connectivity index (χ0v) is 14.8. The van der Waals surface area contributed by atoms with Crippen molar-refractivity contribution in [1.29, 1.82) is 0 Å². The molecule has 0 aliphatic heterocycles. The number of carboxylic acids is 1. The van der Waals surface area contributed by atoms with E-state index < -0.39 is 23.8 Å². The lowest BCUT2D eigenvalue weighted by Crippen LogP contribution is -2.36. The quantitative estimate of drug-likeness (QED) is 0.765. The lowest BCUT2D eigenvalue weighted by molar-refractivity contribution is -0.147. The number of carbonyl (C=O) groups excluding carboxylic acids is 2. The molecule has 6 nitrogen and oxygen atoms in total. The first-order chi connectivity index (χ1) is 11.5. The van der Waals surface area contributed by atoms with Crippen LogP contribution in [0.4, 0.5) is 5.00 Å². The van der Waals surface area contributed by atoms with Crippen LogP contribution in [-0.2, 0) is 20.7 Å². The summed E-state index contributed by atoms with van der Waals surface area (Å²) in [5.74, 6) is -2.96. The minimum Gasteiger partial charge on any atom is -0.481 e. The van der Waals surface area contributed by atoms with Gasteiger partial charge >= 0.3 is 11.9 Å². The molecular weight excluding hydrogens is 330 g/mol. The minimum atomic E-state index is -0.930. The maximum Gasteiger partial charge on any atom is 0.340 e. The highest BCUT2D eigenvalue weighted by Crippen LogP contribution is 2.34. The average Bonchev–Trinajstić information content (AvgIpc) is 2.96. The van der Waals surface area contributed by atoms with Gasteiger partial charge < -0.3 is 15.2 Å².